The van der Waals surface area contributed by atoms with Crippen molar-refractivity contribution in [3.8, 4) is 0 Å². The fourth-order valence-electron chi connectivity index (χ4n) is 3.32. The van der Waals surface area contributed by atoms with Gasteiger partial charge in [0.15, 0.2) is 0 Å². The summed E-state index contributed by atoms with van der Waals surface area (Å²) in [4.78, 5) is 45.5. The summed E-state index contributed by atoms with van der Waals surface area (Å²) in [5.41, 5.74) is 0.458. The second kappa shape index (κ2) is 15.2. The lowest BCUT2D eigenvalue weighted by molar-refractivity contribution is -0.125. The molecule has 0 spiro atoms. The van der Waals surface area contributed by atoms with Gasteiger partial charge in [-0.25, -0.2) is 23.1 Å². The first-order valence-electron chi connectivity index (χ1n) is 12.2. The molecule has 0 unspecified atom stereocenters. The van der Waals surface area contributed by atoms with Gasteiger partial charge in [-0.05, 0) is 54.8 Å². The normalized spacial score (nSPS) is 11.8. The van der Waals surface area contributed by atoms with Crippen LogP contribution in [0.5, 0.6) is 0 Å². The molecule has 212 valence electrons. The zero-order valence-electron chi connectivity index (χ0n) is 21.9. The van der Waals surface area contributed by atoms with Crippen LogP contribution in [0.25, 0.3) is 0 Å². The molecule has 1 aromatic heterocycles. The highest BCUT2D eigenvalue weighted by molar-refractivity contribution is 7.99. The number of carbonyl (C=O) groups is 3. The SMILES string of the molecule is CSCC[C@H](NC(C)=O)C(=O)Nc1ccc(C(=O)NS(=O)(=O)c2cnc(NCCSc3ccccc3)nc2)cc1. The Bertz CT molecular complexity index is 1390. The molecule has 14 heteroatoms. The zero-order valence-corrected chi connectivity index (χ0v) is 24.4. The van der Waals surface area contributed by atoms with Crippen LogP contribution in [-0.4, -0.2) is 66.5 Å². The first-order valence-corrected chi connectivity index (χ1v) is 16.0. The number of sulfonamides is 1. The minimum atomic E-state index is -4.21. The largest absolute Gasteiger partial charge is 0.353 e. The minimum Gasteiger partial charge on any atom is -0.353 e. The molecule has 3 amide bonds. The first-order chi connectivity index (χ1) is 19.2. The average Bonchev–Trinajstić information content (AvgIpc) is 2.94. The molecule has 0 saturated heterocycles. The van der Waals surface area contributed by atoms with Gasteiger partial charge in [-0.2, -0.15) is 11.8 Å². The van der Waals surface area contributed by atoms with Gasteiger partial charge in [0.2, 0.25) is 17.8 Å². The van der Waals surface area contributed by atoms with Crippen molar-refractivity contribution in [2.75, 3.05) is 34.9 Å². The number of rotatable bonds is 14. The number of hydrogen-bond acceptors (Lipinski definition) is 10. The first kappa shape index (κ1) is 30.9. The Kier molecular flexibility index (Phi) is 11.8. The topological polar surface area (TPSA) is 159 Å². The van der Waals surface area contributed by atoms with E-state index in [0.29, 0.717) is 24.4 Å². The minimum absolute atomic E-state index is 0.0671. The summed E-state index contributed by atoms with van der Waals surface area (Å²) in [5.74, 6) is 0.157. The predicted molar refractivity (Wildman–Crippen MR) is 158 cm³/mol. The van der Waals surface area contributed by atoms with E-state index in [9.17, 15) is 22.8 Å². The molecule has 0 saturated carbocycles. The van der Waals surface area contributed by atoms with Gasteiger partial charge >= 0.3 is 0 Å². The maximum atomic E-state index is 12.7. The maximum Gasteiger partial charge on any atom is 0.267 e. The average molecular weight is 603 g/mol. The Morgan fingerprint density at radius 2 is 1.62 bits per heavy atom. The number of aromatic nitrogens is 2. The van der Waals surface area contributed by atoms with E-state index in [1.54, 1.807) is 23.5 Å². The van der Waals surface area contributed by atoms with Gasteiger partial charge in [0, 0.05) is 35.4 Å². The molecule has 0 aliphatic heterocycles. The van der Waals surface area contributed by atoms with E-state index in [1.807, 2.05) is 41.3 Å². The molecule has 0 radical (unpaired) electrons. The van der Waals surface area contributed by atoms with Gasteiger partial charge in [0.1, 0.15) is 10.9 Å². The van der Waals surface area contributed by atoms with Crippen LogP contribution in [0.2, 0.25) is 0 Å². The summed E-state index contributed by atoms with van der Waals surface area (Å²) in [6.45, 7) is 1.91. The van der Waals surface area contributed by atoms with Gasteiger partial charge in [-0.1, -0.05) is 18.2 Å². The highest BCUT2D eigenvalue weighted by atomic mass is 32.2. The number of carbonyl (C=O) groups excluding carboxylic acids is 3. The quantitative estimate of drug-likeness (QED) is 0.160. The molecule has 0 bridgehead atoms. The van der Waals surface area contributed by atoms with E-state index in [-0.39, 0.29) is 22.3 Å². The summed E-state index contributed by atoms with van der Waals surface area (Å²) < 4.78 is 27.3. The highest BCUT2D eigenvalue weighted by Crippen LogP contribution is 2.17. The standard InChI is InChI=1S/C26H30N6O5S3/c1-18(33)30-23(12-14-38-2)25(35)31-20-10-8-19(9-11-20)24(34)32-40(36,37)22-16-28-26(29-17-22)27-13-15-39-21-6-4-3-5-7-21/h3-11,16-17,23H,12-15H2,1-2H3,(H,30,33)(H,31,35)(H,32,34)(H,27,28,29)/t23-/m0/s1. The zero-order chi connectivity index (χ0) is 29.0. The van der Waals surface area contributed by atoms with Gasteiger partial charge in [-0.15, -0.1) is 11.8 Å². The van der Waals surface area contributed by atoms with E-state index < -0.39 is 27.9 Å². The van der Waals surface area contributed by atoms with E-state index >= 15 is 0 Å². The van der Waals surface area contributed by atoms with Crippen LogP contribution in [0.3, 0.4) is 0 Å². The predicted octanol–water partition coefficient (Wildman–Crippen LogP) is 3.00. The molecule has 40 heavy (non-hydrogen) atoms. The molecule has 0 aliphatic carbocycles. The van der Waals surface area contributed by atoms with Crippen molar-refractivity contribution in [3.63, 3.8) is 0 Å². The van der Waals surface area contributed by atoms with Crippen molar-refractivity contribution in [1.82, 2.24) is 20.0 Å². The molecule has 11 nitrogen and oxygen atoms in total. The van der Waals surface area contributed by atoms with E-state index in [2.05, 4.69) is 25.9 Å². The third kappa shape index (κ3) is 9.84. The van der Waals surface area contributed by atoms with Crippen LogP contribution in [-0.2, 0) is 19.6 Å². The monoisotopic (exact) mass is 602 g/mol. The number of amides is 3. The number of hydrogen-bond donors (Lipinski definition) is 4. The summed E-state index contributed by atoms with van der Waals surface area (Å²) in [6, 6.07) is 14.9. The van der Waals surface area contributed by atoms with Crippen LogP contribution >= 0.6 is 23.5 Å². The Balaban J connectivity index is 1.52. The van der Waals surface area contributed by atoms with Gasteiger partial charge in [0.05, 0.1) is 12.4 Å². The molecule has 3 rings (SSSR count). The van der Waals surface area contributed by atoms with Gasteiger partial charge in [0.25, 0.3) is 15.9 Å². The van der Waals surface area contributed by atoms with E-state index in [4.69, 9.17) is 0 Å². The Morgan fingerprint density at radius 1 is 0.950 bits per heavy atom. The number of thioether (sulfide) groups is 2. The van der Waals surface area contributed by atoms with Crippen LogP contribution in [0, 0.1) is 0 Å². The summed E-state index contributed by atoms with van der Waals surface area (Å²) >= 11 is 3.22. The lowest BCUT2D eigenvalue weighted by Crippen LogP contribution is -2.43. The molecule has 3 aromatic rings. The van der Waals surface area contributed by atoms with Crippen molar-refractivity contribution in [1.29, 1.82) is 0 Å². The van der Waals surface area contributed by atoms with Crippen molar-refractivity contribution < 1.29 is 22.8 Å². The Labute approximate surface area is 241 Å². The number of nitrogens with one attached hydrogen (secondary N) is 4. The molecule has 1 heterocycles. The maximum absolute atomic E-state index is 12.7. The number of nitrogens with zero attached hydrogens (tertiary/aromatic N) is 2. The lowest BCUT2D eigenvalue weighted by atomic mass is 10.1. The second-order valence-electron chi connectivity index (χ2n) is 8.37. The smallest absolute Gasteiger partial charge is 0.267 e. The van der Waals surface area contributed by atoms with Crippen molar-refractivity contribution in [2.24, 2.45) is 0 Å². The fourth-order valence-corrected chi connectivity index (χ4v) is 5.44. The van der Waals surface area contributed by atoms with Crippen LogP contribution < -0.4 is 20.7 Å². The third-order valence-electron chi connectivity index (χ3n) is 5.28. The second-order valence-corrected chi connectivity index (χ2v) is 12.2. The highest BCUT2D eigenvalue weighted by Gasteiger charge is 2.21. The molecule has 2 aromatic carbocycles. The fraction of sp³-hybridized carbons (Fsp3) is 0.269. The molecule has 0 fully saturated rings. The summed E-state index contributed by atoms with van der Waals surface area (Å²) in [6.07, 6.45) is 4.60. The summed E-state index contributed by atoms with van der Waals surface area (Å²) in [5, 5.41) is 8.34. The molecule has 0 aliphatic rings. The molecule has 4 N–H and O–H groups in total. The van der Waals surface area contributed by atoms with Crippen molar-refractivity contribution in [3.05, 3.63) is 72.6 Å². The van der Waals surface area contributed by atoms with Crippen LogP contribution in [0.15, 0.2) is 76.8 Å². The molecular formula is C26H30N6O5S3. The Morgan fingerprint density at radius 3 is 2.25 bits per heavy atom. The van der Waals surface area contributed by atoms with Crippen molar-refractivity contribution >= 4 is 62.9 Å². The lowest BCUT2D eigenvalue weighted by Gasteiger charge is -2.17. The van der Waals surface area contributed by atoms with Crippen LogP contribution in [0.4, 0.5) is 11.6 Å². The molecular weight excluding hydrogens is 573 g/mol. The van der Waals surface area contributed by atoms with E-state index in [1.165, 1.54) is 31.2 Å². The Hall–Kier alpha value is -3.62. The van der Waals surface area contributed by atoms with Crippen LogP contribution in [0.1, 0.15) is 23.7 Å². The number of benzene rings is 2. The third-order valence-corrected chi connectivity index (χ3v) is 8.23. The molecule has 1 atom stereocenters. The number of anilines is 2. The van der Waals surface area contributed by atoms with Gasteiger partial charge in [-0.3, -0.25) is 14.4 Å². The summed E-state index contributed by atoms with van der Waals surface area (Å²) in [7, 11) is -4.21. The van der Waals surface area contributed by atoms with E-state index in [0.717, 1.165) is 23.0 Å². The van der Waals surface area contributed by atoms with Gasteiger partial charge < -0.3 is 16.0 Å². The van der Waals surface area contributed by atoms with Crippen molar-refractivity contribution in [2.45, 2.75) is 29.2 Å².